The lowest BCUT2D eigenvalue weighted by molar-refractivity contribution is 0.609. The predicted octanol–water partition coefficient (Wildman–Crippen LogP) is 2.72. The molecule has 0 atom stereocenters. The Balaban J connectivity index is 3.10. The average Bonchev–Trinajstić information content (AvgIpc) is 1.96. The molecule has 13 heavy (non-hydrogen) atoms. The van der Waals surface area contributed by atoms with Crippen LogP contribution in [0.1, 0.15) is 11.1 Å². The van der Waals surface area contributed by atoms with Gasteiger partial charge >= 0.3 is 0 Å². The molecule has 2 nitrogen and oxygen atoms in total. The Morgan fingerprint density at radius 2 is 2.00 bits per heavy atom. The number of hydrogen-bond acceptors (Lipinski definition) is 2. The van der Waals surface area contributed by atoms with Gasteiger partial charge in [-0.1, -0.05) is 23.7 Å². The molecule has 0 aliphatic carbocycles. The lowest BCUT2D eigenvalue weighted by atomic mass is 10.1. The van der Waals surface area contributed by atoms with Gasteiger partial charge < -0.3 is 0 Å². The van der Waals surface area contributed by atoms with Crippen molar-refractivity contribution in [2.75, 3.05) is 0 Å². The van der Waals surface area contributed by atoms with E-state index in [0.717, 1.165) is 5.56 Å². The van der Waals surface area contributed by atoms with Gasteiger partial charge in [0.2, 0.25) is 9.05 Å². The van der Waals surface area contributed by atoms with Gasteiger partial charge in [0.25, 0.3) is 0 Å². The molecular weight excluding hydrogens is 231 g/mol. The van der Waals surface area contributed by atoms with E-state index in [9.17, 15) is 8.42 Å². The quantitative estimate of drug-likeness (QED) is 0.743. The number of rotatable bonds is 2. The molecule has 72 valence electrons. The Kier molecular flexibility index (Phi) is 3.22. The Morgan fingerprint density at radius 1 is 1.38 bits per heavy atom. The molecule has 0 saturated heterocycles. The molecule has 1 rings (SSSR count). The summed E-state index contributed by atoms with van der Waals surface area (Å²) < 4.78 is 21.6. The first-order chi connectivity index (χ1) is 5.90. The van der Waals surface area contributed by atoms with E-state index < -0.39 is 9.05 Å². The smallest absolute Gasteiger partial charge is 0.212 e. The summed E-state index contributed by atoms with van der Waals surface area (Å²) in [6.07, 6.45) is 0. The van der Waals surface area contributed by atoms with Crippen molar-refractivity contribution >= 4 is 31.3 Å². The Labute approximate surface area is 86.9 Å². The standard InChI is InChI=1S/C8H8Cl2O2S/c1-6-7(5-13(10,11)12)3-2-4-8(6)9/h2-4H,5H2,1H3. The molecule has 1 aromatic carbocycles. The molecule has 5 heteroatoms. The maximum atomic E-state index is 10.8. The van der Waals surface area contributed by atoms with Crippen LogP contribution in [0.2, 0.25) is 5.02 Å². The molecule has 0 aromatic heterocycles. The molecule has 0 aliphatic heterocycles. The van der Waals surface area contributed by atoms with Gasteiger partial charge in [-0.2, -0.15) is 0 Å². The zero-order valence-electron chi connectivity index (χ0n) is 6.92. The molecular formula is C8H8Cl2O2S. The lowest BCUT2D eigenvalue weighted by Gasteiger charge is -2.04. The van der Waals surface area contributed by atoms with E-state index >= 15 is 0 Å². The summed E-state index contributed by atoms with van der Waals surface area (Å²) in [7, 11) is 1.62. The van der Waals surface area contributed by atoms with Gasteiger partial charge in [0.05, 0.1) is 5.75 Å². The Morgan fingerprint density at radius 3 is 2.54 bits per heavy atom. The summed E-state index contributed by atoms with van der Waals surface area (Å²) in [5, 5.41) is 0.554. The summed E-state index contributed by atoms with van der Waals surface area (Å²) in [6, 6.07) is 5.11. The summed E-state index contributed by atoms with van der Waals surface area (Å²) in [6.45, 7) is 1.76. The highest BCUT2D eigenvalue weighted by molar-refractivity contribution is 8.13. The van der Waals surface area contributed by atoms with E-state index in [1.807, 2.05) is 0 Å². The Hall–Kier alpha value is -0.250. The molecule has 0 aliphatic rings. The van der Waals surface area contributed by atoms with Crippen molar-refractivity contribution in [3.8, 4) is 0 Å². The van der Waals surface area contributed by atoms with Crippen molar-refractivity contribution in [3.05, 3.63) is 34.3 Å². The van der Waals surface area contributed by atoms with Gasteiger partial charge in [0, 0.05) is 15.7 Å². The topological polar surface area (TPSA) is 34.1 Å². The zero-order valence-corrected chi connectivity index (χ0v) is 9.25. The van der Waals surface area contributed by atoms with Gasteiger partial charge in [-0.25, -0.2) is 8.42 Å². The third-order valence-corrected chi connectivity index (χ3v) is 3.10. The molecule has 0 saturated carbocycles. The van der Waals surface area contributed by atoms with E-state index in [1.165, 1.54) is 0 Å². The van der Waals surface area contributed by atoms with Gasteiger partial charge in [-0.05, 0) is 24.1 Å². The molecule has 0 bridgehead atoms. The molecule has 0 unspecified atom stereocenters. The van der Waals surface area contributed by atoms with E-state index in [2.05, 4.69) is 0 Å². The third-order valence-electron chi connectivity index (χ3n) is 1.71. The molecule has 0 heterocycles. The first-order valence-corrected chi connectivity index (χ1v) is 6.42. The molecule has 0 amide bonds. The largest absolute Gasteiger partial charge is 0.236 e. The van der Waals surface area contributed by atoms with Crippen molar-refractivity contribution in [2.45, 2.75) is 12.7 Å². The van der Waals surface area contributed by atoms with Crippen LogP contribution in [0.3, 0.4) is 0 Å². The van der Waals surface area contributed by atoms with E-state index in [4.69, 9.17) is 22.3 Å². The van der Waals surface area contributed by atoms with Gasteiger partial charge in [0.15, 0.2) is 0 Å². The third kappa shape index (κ3) is 3.18. The van der Waals surface area contributed by atoms with Gasteiger partial charge in [-0.15, -0.1) is 0 Å². The van der Waals surface area contributed by atoms with Crippen molar-refractivity contribution in [1.29, 1.82) is 0 Å². The Bertz CT molecular complexity index is 412. The van der Waals surface area contributed by atoms with Crippen LogP contribution in [0.5, 0.6) is 0 Å². The second-order valence-corrected chi connectivity index (χ2v) is 5.89. The first-order valence-electron chi connectivity index (χ1n) is 3.56. The SMILES string of the molecule is Cc1c(Cl)cccc1CS(=O)(=O)Cl. The molecule has 0 spiro atoms. The average molecular weight is 239 g/mol. The summed E-state index contributed by atoms with van der Waals surface area (Å²) in [5.41, 5.74) is 1.40. The minimum absolute atomic E-state index is 0.180. The first kappa shape index (κ1) is 10.8. The fourth-order valence-electron chi connectivity index (χ4n) is 0.994. The number of benzene rings is 1. The van der Waals surface area contributed by atoms with Crippen LogP contribution in [-0.2, 0) is 14.8 Å². The normalized spacial score (nSPS) is 11.6. The fraction of sp³-hybridized carbons (Fsp3) is 0.250. The minimum atomic E-state index is -3.50. The maximum Gasteiger partial charge on any atom is 0.236 e. The van der Waals surface area contributed by atoms with Crippen LogP contribution in [0.25, 0.3) is 0 Å². The molecule has 0 N–H and O–H groups in total. The van der Waals surface area contributed by atoms with Crippen LogP contribution >= 0.6 is 22.3 Å². The fourth-order valence-corrected chi connectivity index (χ4v) is 2.23. The van der Waals surface area contributed by atoms with Gasteiger partial charge in [0.1, 0.15) is 0 Å². The van der Waals surface area contributed by atoms with Gasteiger partial charge in [-0.3, -0.25) is 0 Å². The van der Waals surface area contributed by atoms with Crippen molar-refractivity contribution in [3.63, 3.8) is 0 Å². The lowest BCUT2D eigenvalue weighted by Crippen LogP contribution is -1.97. The predicted molar refractivity (Wildman–Crippen MR) is 54.7 cm³/mol. The highest BCUT2D eigenvalue weighted by Crippen LogP contribution is 2.21. The van der Waals surface area contributed by atoms with Crippen LogP contribution in [0.15, 0.2) is 18.2 Å². The highest BCUT2D eigenvalue weighted by Gasteiger charge is 2.10. The number of halogens is 2. The van der Waals surface area contributed by atoms with Crippen LogP contribution in [0, 0.1) is 6.92 Å². The zero-order chi connectivity index (χ0) is 10.1. The van der Waals surface area contributed by atoms with Crippen LogP contribution in [-0.4, -0.2) is 8.42 Å². The van der Waals surface area contributed by atoms with Crippen molar-refractivity contribution < 1.29 is 8.42 Å². The molecule has 0 radical (unpaired) electrons. The highest BCUT2D eigenvalue weighted by atomic mass is 35.7. The summed E-state index contributed by atoms with van der Waals surface area (Å²) in [4.78, 5) is 0. The second kappa shape index (κ2) is 3.86. The summed E-state index contributed by atoms with van der Waals surface area (Å²) >= 11 is 5.80. The van der Waals surface area contributed by atoms with Crippen molar-refractivity contribution in [1.82, 2.24) is 0 Å². The minimum Gasteiger partial charge on any atom is -0.212 e. The van der Waals surface area contributed by atoms with Crippen LogP contribution in [0.4, 0.5) is 0 Å². The number of hydrogen-bond donors (Lipinski definition) is 0. The summed E-state index contributed by atoms with van der Waals surface area (Å²) in [5.74, 6) is -0.180. The molecule has 1 aromatic rings. The monoisotopic (exact) mass is 238 g/mol. The van der Waals surface area contributed by atoms with E-state index in [0.29, 0.717) is 10.6 Å². The molecule has 0 fully saturated rings. The maximum absolute atomic E-state index is 10.8. The second-order valence-electron chi connectivity index (χ2n) is 2.71. The van der Waals surface area contributed by atoms with E-state index in [-0.39, 0.29) is 5.75 Å². The van der Waals surface area contributed by atoms with E-state index in [1.54, 1.807) is 25.1 Å². The van der Waals surface area contributed by atoms with Crippen LogP contribution < -0.4 is 0 Å². The van der Waals surface area contributed by atoms with Crippen molar-refractivity contribution in [2.24, 2.45) is 0 Å².